The summed E-state index contributed by atoms with van der Waals surface area (Å²) < 4.78 is 108. The van der Waals surface area contributed by atoms with Crippen molar-refractivity contribution < 1.29 is 45.0 Å². The van der Waals surface area contributed by atoms with Crippen LogP contribution in [0.5, 0.6) is 11.5 Å². The Morgan fingerprint density at radius 1 is 0.974 bits per heavy atom. The predicted octanol–water partition coefficient (Wildman–Crippen LogP) is 7.11. The second-order valence-electron chi connectivity index (χ2n) is 8.37. The molecule has 204 valence electrons. The van der Waals surface area contributed by atoms with Gasteiger partial charge in [-0.05, 0) is 24.3 Å². The molecule has 1 amide bonds. The first-order valence-corrected chi connectivity index (χ1v) is 11.1. The topological polar surface area (TPSA) is 51.7 Å². The third-order valence-electron chi connectivity index (χ3n) is 5.75. The lowest BCUT2D eigenvalue weighted by molar-refractivity contribution is -0.304. The maximum Gasteiger partial charge on any atom is 0.432 e. The van der Waals surface area contributed by atoms with E-state index in [0.29, 0.717) is 17.7 Å². The highest BCUT2D eigenvalue weighted by molar-refractivity contribution is 6.07. The van der Waals surface area contributed by atoms with Gasteiger partial charge in [0, 0.05) is 55.5 Å². The van der Waals surface area contributed by atoms with E-state index in [4.69, 9.17) is 9.47 Å². The molecule has 1 aromatic heterocycles. The van der Waals surface area contributed by atoms with E-state index in [2.05, 4.69) is 4.98 Å². The van der Waals surface area contributed by atoms with Gasteiger partial charge in [0.25, 0.3) is 17.5 Å². The van der Waals surface area contributed by atoms with Crippen molar-refractivity contribution in [2.45, 2.75) is 38.0 Å². The van der Waals surface area contributed by atoms with Crippen LogP contribution < -0.4 is 14.4 Å². The zero-order valence-electron chi connectivity index (χ0n) is 20.6. The van der Waals surface area contributed by atoms with Gasteiger partial charge in [0.1, 0.15) is 5.75 Å². The van der Waals surface area contributed by atoms with Crippen molar-refractivity contribution in [1.29, 1.82) is 0 Å². The number of para-hydroxylation sites is 1. The van der Waals surface area contributed by atoms with Crippen LogP contribution in [0.15, 0.2) is 60.9 Å². The summed E-state index contributed by atoms with van der Waals surface area (Å²) in [6, 6.07) is 9.19. The average molecular weight is 544 g/mol. The Morgan fingerprint density at radius 2 is 1.61 bits per heavy atom. The van der Waals surface area contributed by atoms with Gasteiger partial charge in [0.05, 0.1) is 12.8 Å². The molecule has 0 aliphatic carbocycles. The molecule has 0 saturated carbocycles. The van der Waals surface area contributed by atoms with Crippen molar-refractivity contribution in [3.63, 3.8) is 0 Å². The molecule has 5 nitrogen and oxygen atoms in total. The van der Waals surface area contributed by atoms with Crippen LogP contribution >= 0.6 is 0 Å². The van der Waals surface area contributed by atoms with Crippen molar-refractivity contribution in [3.05, 3.63) is 72.1 Å². The minimum atomic E-state index is -6.00. The second kappa shape index (κ2) is 10.5. The Kier molecular flexibility index (Phi) is 7.94. The lowest BCUT2D eigenvalue weighted by Gasteiger charge is -2.33. The number of methoxy groups -OCH3 is 1. The normalized spacial score (nSPS) is 14.4. The molecule has 38 heavy (non-hydrogen) atoms. The van der Waals surface area contributed by atoms with E-state index in [1.807, 2.05) is 0 Å². The summed E-state index contributed by atoms with van der Waals surface area (Å²) in [4.78, 5) is 18.1. The molecule has 1 heterocycles. The summed E-state index contributed by atoms with van der Waals surface area (Å²) in [6.07, 6.45) is -5.26. The molecule has 0 spiro atoms. The SMILES string of the molecule is COc1c(-c2ccc(C(F)(C(C)(F)F)C(F)(F)F)cc2OC(C)F)cccc1N(C)C(=O)c1ccncc1. The zero-order chi connectivity index (χ0) is 28.5. The summed E-state index contributed by atoms with van der Waals surface area (Å²) in [7, 11) is 2.70. The summed E-state index contributed by atoms with van der Waals surface area (Å²) in [5.74, 6) is -5.94. The van der Waals surface area contributed by atoms with Gasteiger partial charge in [0.15, 0.2) is 5.75 Å². The highest BCUT2D eigenvalue weighted by atomic mass is 19.4. The quantitative estimate of drug-likeness (QED) is 0.284. The maximum atomic E-state index is 15.1. The Labute approximate surface area is 213 Å². The van der Waals surface area contributed by atoms with E-state index in [9.17, 15) is 31.1 Å². The van der Waals surface area contributed by atoms with Gasteiger partial charge in [-0.2, -0.15) is 13.2 Å². The zero-order valence-corrected chi connectivity index (χ0v) is 20.6. The first-order valence-electron chi connectivity index (χ1n) is 11.1. The number of alkyl halides is 7. The number of nitrogens with zero attached hydrogens (tertiary/aromatic N) is 2. The van der Waals surface area contributed by atoms with E-state index in [-0.39, 0.29) is 29.5 Å². The standard InChI is InChI=1S/C26H23F7N2O3/c1-15(27)38-21-14-17(25(30,24(2,28)29)26(31,32)33)8-9-18(21)19-6-5-7-20(22(19)37-4)35(3)23(36)16-10-12-34-13-11-16/h5-15H,1-4H3. The molecule has 0 bridgehead atoms. The number of hydrogen-bond acceptors (Lipinski definition) is 4. The van der Waals surface area contributed by atoms with E-state index in [1.165, 1.54) is 61.8 Å². The second-order valence-corrected chi connectivity index (χ2v) is 8.37. The van der Waals surface area contributed by atoms with Crippen LogP contribution in [0.2, 0.25) is 0 Å². The first-order chi connectivity index (χ1) is 17.6. The first kappa shape index (κ1) is 28.7. The maximum absolute atomic E-state index is 15.1. The summed E-state index contributed by atoms with van der Waals surface area (Å²) >= 11 is 0. The largest absolute Gasteiger partial charge is 0.494 e. The molecule has 2 aromatic carbocycles. The Hall–Kier alpha value is -3.83. The third kappa shape index (κ3) is 5.25. The van der Waals surface area contributed by atoms with Gasteiger partial charge in [-0.15, -0.1) is 0 Å². The van der Waals surface area contributed by atoms with Crippen LogP contribution in [-0.4, -0.2) is 43.5 Å². The van der Waals surface area contributed by atoms with Crippen LogP contribution in [-0.2, 0) is 5.67 Å². The van der Waals surface area contributed by atoms with E-state index < -0.39 is 41.3 Å². The van der Waals surface area contributed by atoms with Crippen LogP contribution in [0.25, 0.3) is 11.1 Å². The number of anilines is 1. The van der Waals surface area contributed by atoms with Crippen LogP contribution in [0.4, 0.5) is 36.4 Å². The fourth-order valence-corrected chi connectivity index (χ4v) is 3.91. The number of carbonyl (C=O) groups is 1. The van der Waals surface area contributed by atoms with Crippen molar-refractivity contribution in [2.24, 2.45) is 0 Å². The number of amides is 1. The Morgan fingerprint density at radius 3 is 2.13 bits per heavy atom. The molecule has 0 fully saturated rings. The number of pyridine rings is 1. The molecule has 0 saturated heterocycles. The predicted molar refractivity (Wildman–Crippen MR) is 126 cm³/mol. The summed E-state index contributed by atoms with van der Waals surface area (Å²) in [5, 5.41) is 0. The van der Waals surface area contributed by atoms with Gasteiger partial charge in [-0.25, -0.2) is 17.6 Å². The number of carbonyl (C=O) groups excluding carboxylic acids is 1. The number of rotatable bonds is 8. The highest BCUT2D eigenvalue weighted by Gasteiger charge is 2.70. The van der Waals surface area contributed by atoms with Gasteiger partial charge in [0.2, 0.25) is 6.36 Å². The van der Waals surface area contributed by atoms with E-state index >= 15 is 4.39 Å². The van der Waals surface area contributed by atoms with Gasteiger partial charge in [-0.1, -0.05) is 24.3 Å². The number of aromatic nitrogens is 1. The molecule has 0 aliphatic heterocycles. The molecule has 12 heteroatoms. The van der Waals surface area contributed by atoms with Gasteiger partial charge in [-0.3, -0.25) is 9.78 Å². The molecular weight excluding hydrogens is 521 g/mol. The lowest BCUT2D eigenvalue weighted by Crippen LogP contribution is -2.51. The number of ether oxygens (including phenoxy) is 2. The molecule has 0 aliphatic rings. The number of halogens is 7. The van der Waals surface area contributed by atoms with Crippen molar-refractivity contribution in [1.82, 2.24) is 4.98 Å². The Bertz CT molecular complexity index is 1280. The molecule has 2 atom stereocenters. The molecule has 0 radical (unpaired) electrons. The fraction of sp³-hybridized carbons (Fsp3) is 0.308. The van der Waals surface area contributed by atoms with Crippen LogP contribution in [0.1, 0.15) is 29.8 Å². The van der Waals surface area contributed by atoms with Crippen LogP contribution in [0, 0.1) is 0 Å². The lowest BCUT2D eigenvalue weighted by atomic mass is 9.87. The Balaban J connectivity index is 2.21. The summed E-state index contributed by atoms with van der Waals surface area (Å²) in [6.45, 7) is 0.709. The van der Waals surface area contributed by atoms with E-state index in [0.717, 1.165) is 13.0 Å². The number of benzene rings is 2. The van der Waals surface area contributed by atoms with Gasteiger partial charge < -0.3 is 14.4 Å². The minimum absolute atomic E-state index is 0.0321. The van der Waals surface area contributed by atoms with Crippen molar-refractivity contribution in [2.75, 3.05) is 19.1 Å². The third-order valence-corrected chi connectivity index (χ3v) is 5.75. The van der Waals surface area contributed by atoms with E-state index in [1.54, 1.807) is 0 Å². The van der Waals surface area contributed by atoms with Gasteiger partial charge >= 0.3 is 6.18 Å². The minimum Gasteiger partial charge on any atom is -0.494 e. The molecule has 0 N–H and O–H groups in total. The fourth-order valence-electron chi connectivity index (χ4n) is 3.91. The van der Waals surface area contributed by atoms with Crippen LogP contribution in [0.3, 0.4) is 0 Å². The molecule has 3 aromatic rings. The highest BCUT2D eigenvalue weighted by Crippen LogP contribution is 2.54. The average Bonchev–Trinajstić information content (AvgIpc) is 2.85. The van der Waals surface area contributed by atoms with Crippen molar-refractivity contribution in [3.8, 4) is 22.6 Å². The molecule has 3 rings (SSSR count). The van der Waals surface area contributed by atoms with Crippen molar-refractivity contribution >= 4 is 11.6 Å². The monoisotopic (exact) mass is 544 g/mol. The smallest absolute Gasteiger partial charge is 0.432 e. The molecular formula is C26H23F7N2O3. The number of hydrogen-bond donors (Lipinski definition) is 0. The summed E-state index contributed by atoms with van der Waals surface area (Å²) in [5.41, 5.74) is -6.03. The molecule has 2 unspecified atom stereocenters.